The molecule has 1 saturated heterocycles. The molecule has 1 aromatic heterocycles. The van der Waals surface area contributed by atoms with Crippen LogP contribution in [0.3, 0.4) is 0 Å². The minimum atomic E-state index is -0.180. The molecule has 0 bridgehead atoms. The Kier molecular flexibility index (Phi) is 8.02. The lowest BCUT2D eigenvalue weighted by atomic mass is 9.97. The Balaban J connectivity index is 1.27. The number of nitrogens with one attached hydrogen (secondary N) is 1. The van der Waals surface area contributed by atoms with Crippen molar-refractivity contribution in [2.24, 2.45) is 0 Å². The van der Waals surface area contributed by atoms with Crippen LogP contribution in [0.5, 0.6) is 11.5 Å². The van der Waals surface area contributed by atoms with E-state index in [-0.39, 0.29) is 23.8 Å². The largest absolute Gasteiger partial charge is 0.497 e. The number of piperidine rings is 1. The number of ether oxygens (including phenoxy) is 2. The van der Waals surface area contributed by atoms with Crippen LogP contribution >= 0.6 is 11.3 Å². The first-order chi connectivity index (χ1) is 16.9. The van der Waals surface area contributed by atoms with Crippen molar-refractivity contribution in [1.82, 2.24) is 15.2 Å². The third-order valence-corrected chi connectivity index (χ3v) is 6.98. The monoisotopic (exact) mass is 493 g/mol. The molecule has 1 aliphatic rings. The number of carbonyl (C=O) groups is 2. The number of hydrogen-bond acceptors (Lipinski definition) is 6. The number of methoxy groups -OCH3 is 1. The molecule has 1 N–H and O–H groups in total. The number of rotatable bonds is 8. The number of thiazole rings is 1. The van der Waals surface area contributed by atoms with Crippen molar-refractivity contribution in [1.29, 1.82) is 0 Å². The highest BCUT2D eigenvalue weighted by Crippen LogP contribution is 2.31. The molecule has 35 heavy (non-hydrogen) atoms. The zero-order valence-electron chi connectivity index (χ0n) is 20.3. The van der Waals surface area contributed by atoms with Crippen LogP contribution in [0.4, 0.5) is 0 Å². The number of nitrogens with zero attached hydrogens (tertiary/aromatic N) is 2. The molecule has 0 atom stereocenters. The van der Waals surface area contributed by atoms with Crippen LogP contribution in [-0.4, -0.2) is 48.0 Å². The van der Waals surface area contributed by atoms with Gasteiger partial charge in [0.05, 0.1) is 18.2 Å². The van der Waals surface area contributed by atoms with Gasteiger partial charge < -0.3 is 19.7 Å². The summed E-state index contributed by atoms with van der Waals surface area (Å²) in [7, 11) is 1.63. The van der Waals surface area contributed by atoms with Gasteiger partial charge in [0, 0.05) is 36.5 Å². The van der Waals surface area contributed by atoms with E-state index in [1.807, 2.05) is 72.7 Å². The van der Waals surface area contributed by atoms with E-state index < -0.39 is 0 Å². The molecule has 2 aromatic carbocycles. The van der Waals surface area contributed by atoms with Gasteiger partial charge in [-0.3, -0.25) is 9.59 Å². The van der Waals surface area contributed by atoms with Gasteiger partial charge in [-0.15, -0.1) is 11.3 Å². The van der Waals surface area contributed by atoms with Gasteiger partial charge in [-0.2, -0.15) is 0 Å². The van der Waals surface area contributed by atoms with E-state index in [4.69, 9.17) is 9.47 Å². The lowest BCUT2D eigenvalue weighted by Crippen LogP contribution is -2.37. The molecule has 7 nitrogen and oxygen atoms in total. The van der Waals surface area contributed by atoms with E-state index in [2.05, 4.69) is 10.3 Å². The highest BCUT2D eigenvalue weighted by Gasteiger charge is 2.27. The van der Waals surface area contributed by atoms with Gasteiger partial charge in [0.1, 0.15) is 17.2 Å². The van der Waals surface area contributed by atoms with Gasteiger partial charge in [0.2, 0.25) is 0 Å². The summed E-state index contributed by atoms with van der Waals surface area (Å²) in [5.74, 6) is 1.67. The highest BCUT2D eigenvalue weighted by atomic mass is 32.1. The maximum atomic E-state index is 12.9. The maximum absolute atomic E-state index is 12.9. The average Bonchev–Trinajstić information content (AvgIpc) is 3.38. The molecule has 8 heteroatoms. The van der Waals surface area contributed by atoms with Crippen molar-refractivity contribution in [3.63, 3.8) is 0 Å². The molecule has 0 unspecified atom stereocenters. The first kappa shape index (κ1) is 24.7. The summed E-state index contributed by atoms with van der Waals surface area (Å²) in [6.45, 7) is 5.73. The number of hydrogen-bond donors (Lipinski definition) is 1. The van der Waals surface area contributed by atoms with E-state index in [9.17, 15) is 9.59 Å². The van der Waals surface area contributed by atoms with Crippen LogP contribution in [0.1, 0.15) is 64.0 Å². The number of aromatic nitrogens is 1. The number of carbonyl (C=O) groups excluding carboxylic acids is 2. The fourth-order valence-corrected chi connectivity index (χ4v) is 5.03. The third-order valence-electron chi connectivity index (χ3n) is 5.97. The molecule has 2 amide bonds. The van der Waals surface area contributed by atoms with E-state index in [0.717, 1.165) is 34.9 Å². The molecule has 1 fully saturated rings. The fourth-order valence-electron chi connectivity index (χ4n) is 4.06. The van der Waals surface area contributed by atoms with E-state index >= 15 is 0 Å². The summed E-state index contributed by atoms with van der Waals surface area (Å²) >= 11 is 1.52. The molecule has 1 aliphatic heterocycles. The Morgan fingerprint density at radius 1 is 1.06 bits per heavy atom. The van der Waals surface area contributed by atoms with Gasteiger partial charge in [0.15, 0.2) is 0 Å². The first-order valence-corrected chi connectivity index (χ1v) is 12.7. The van der Waals surface area contributed by atoms with E-state index in [1.54, 1.807) is 7.11 Å². The second-order valence-electron chi connectivity index (χ2n) is 8.86. The quantitative estimate of drug-likeness (QED) is 0.483. The SMILES string of the molecule is COc1ccc(CNC(=O)c2csc(C3CCN(C(=O)c4ccc(OC(C)C)cc4)CC3)n2)cc1. The van der Waals surface area contributed by atoms with E-state index in [0.29, 0.717) is 30.9 Å². The Hall–Kier alpha value is -3.39. The Labute approximate surface area is 210 Å². The zero-order chi connectivity index (χ0) is 24.8. The minimum absolute atomic E-state index is 0.0392. The van der Waals surface area contributed by atoms with Gasteiger partial charge in [-0.1, -0.05) is 12.1 Å². The molecular weight excluding hydrogens is 462 g/mol. The van der Waals surface area contributed by atoms with Crippen molar-refractivity contribution < 1.29 is 19.1 Å². The summed E-state index contributed by atoms with van der Waals surface area (Å²) < 4.78 is 10.8. The molecule has 3 aromatic rings. The van der Waals surface area contributed by atoms with Crippen molar-refractivity contribution in [2.75, 3.05) is 20.2 Å². The summed E-state index contributed by atoms with van der Waals surface area (Å²) in [6, 6.07) is 14.9. The summed E-state index contributed by atoms with van der Waals surface area (Å²) in [4.78, 5) is 32.0. The molecule has 2 heterocycles. The van der Waals surface area contributed by atoms with Crippen molar-refractivity contribution in [3.05, 3.63) is 75.7 Å². The second kappa shape index (κ2) is 11.4. The number of amides is 2. The first-order valence-electron chi connectivity index (χ1n) is 11.9. The Bertz CT molecular complexity index is 1130. The maximum Gasteiger partial charge on any atom is 0.271 e. The summed E-state index contributed by atoms with van der Waals surface area (Å²) in [5.41, 5.74) is 2.11. The molecule has 4 rings (SSSR count). The minimum Gasteiger partial charge on any atom is -0.497 e. The Morgan fingerprint density at radius 2 is 1.71 bits per heavy atom. The predicted octanol–water partition coefficient (Wildman–Crippen LogP) is 4.89. The van der Waals surface area contributed by atoms with Gasteiger partial charge in [-0.25, -0.2) is 4.98 Å². The smallest absolute Gasteiger partial charge is 0.271 e. The predicted molar refractivity (Wildman–Crippen MR) is 136 cm³/mol. The van der Waals surface area contributed by atoms with Crippen molar-refractivity contribution in [2.45, 2.75) is 45.3 Å². The van der Waals surface area contributed by atoms with Crippen LogP contribution in [0.2, 0.25) is 0 Å². The highest BCUT2D eigenvalue weighted by molar-refractivity contribution is 7.09. The van der Waals surface area contributed by atoms with Crippen molar-refractivity contribution >= 4 is 23.2 Å². The van der Waals surface area contributed by atoms with Crippen LogP contribution in [0.15, 0.2) is 53.9 Å². The Morgan fingerprint density at radius 3 is 2.34 bits per heavy atom. The fraction of sp³-hybridized carbons (Fsp3) is 0.370. The number of likely N-dealkylation sites (tertiary alicyclic amines) is 1. The van der Waals surface area contributed by atoms with E-state index in [1.165, 1.54) is 11.3 Å². The normalized spacial score (nSPS) is 14.1. The van der Waals surface area contributed by atoms with Crippen LogP contribution in [0, 0.1) is 0 Å². The number of benzene rings is 2. The molecule has 184 valence electrons. The standard InChI is InChI=1S/C27H31N3O4S/c1-18(2)34-23-10-6-21(7-11-23)27(32)30-14-12-20(13-15-30)26-29-24(17-35-26)25(31)28-16-19-4-8-22(33-3)9-5-19/h4-11,17-18,20H,12-16H2,1-3H3,(H,28,31). The molecule has 0 spiro atoms. The summed E-state index contributed by atoms with van der Waals surface area (Å²) in [6.07, 6.45) is 1.77. The van der Waals surface area contributed by atoms with Gasteiger partial charge >= 0.3 is 0 Å². The van der Waals surface area contributed by atoms with Gasteiger partial charge in [-0.05, 0) is 68.7 Å². The lowest BCUT2D eigenvalue weighted by molar-refractivity contribution is 0.0713. The van der Waals surface area contributed by atoms with Crippen molar-refractivity contribution in [3.8, 4) is 11.5 Å². The molecule has 0 aliphatic carbocycles. The second-order valence-corrected chi connectivity index (χ2v) is 9.75. The average molecular weight is 494 g/mol. The third kappa shape index (κ3) is 6.39. The molecule has 0 radical (unpaired) electrons. The summed E-state index contributed by atoms with van der Waals surface area (Å²) in [5, 5.41) is 5.70. The topological polar surface area (TPSA) is 80.8 Å². The lowest BCUT2D eigenvalue weighted by Gasteiger charge is -2.31. The molecular formula is C27H31N3O4S. The zero-order valence-corrected chi connectivity index (χ0v) is 21.1. The molecule has 0 saturated carbocycles. The van der Waals surface area contributed by atoms with Crippen LogP contribution in [-0.2, 0) is 6.54 Å². The van der Waals surface area contributed by atoms with Crippen LogP contribution < -0.4 is 14.8 Å². The van der Waals surface area contributed by atoms with Gasteiger partial charge in [0.25, 0.3) is 11.8 Å². The van der Waals surface area contributed by atoms with Crippen LogP contribution in [0.25, 0.3) is 0 Å².